The number of aliphatic carboxylic acids is 1. The van der Waals surface area contributed by atoms with E-state index in [0.717, 1.165) is 0 Å². The predicted molar refractivity (Wildman–Crippen MR) is 34.1 cm³/mol. The minimum Gasteiger partial charge on any atom is -0.550 e. The SMILES string of the molecule is CC(O)CO.CCC(=O)[O-]. The monoisotopic (exact) mass is 149 g/mol. The van der Waals surface area contributed by atoms with E-state index in [2.05, 4.69) is 0 Å². The van der Waals surface area contributed by atoms with Crippen LogP contribution in [0.5, 0.6) is 0 Å². The molecule has 0 aromatic heterocycles. The van der Waals surface area contributed by atoms with Crippen molar-refractivity contribution < 1.29 is 20.1 Å². The molecule has 0 fully saturated rings. The maximum atomic E-state index is 9.26. The maximum Gasteiger partial charge on any atom is 0.0742 e. The van der Waals surface area contributed by atoms with Crippen molar-refractivity contribution in [3.63, 3.8) is 0 Å². The minimum atomic E-state index is -0.995. The third kappa shape index (κ3) is 26.3. The highest BCUT2D eigenvalue weighted by atomic mass is 16.4. The molecule has 10 heavy (non-hydrogen) atoms. The summed E-state index contributed by atoms with van der Waals surface area (Å²) in [7, 11) is 0. The number of hydrogen-bond donors (Lipinski definition) is 2. The van der Waals surface area contributed by atoms with Crippen molar-refractivity contribution in [2.24, 2.45) is 0 Å². The van der Waals surface area contributed by atoms with Crippen LogP contribution in [0.4, 0.5) is 0 Å². The Bertz CT molecular complexity index is 79.8. The first-order valence-corrected chi connectivity index (χ1v) is 3.03. The van der Waals surface area contributed by atoms with Crippen LogP contribution < -0.4 is 5.11 Å². The van der Waals surface area contributed by atoms with Crippen molar-refractivity contribution in [1.82, 2.24) is 0 Å². The zero-order chi connectivity index (χ0) is 8.57. The average Bonchev–Trinajstić information content (AvgIpc) is 1.89. The summed E-state index contributed by atoms with van der Waals surface area (Å²) in [5, 5.41) is 25.3. The van der Waals surface area contributed by atoms with Crippen LogP contribution in [0.2, 0.25) is 0 Å². The van der Waals surface area contributed by atoms with E-state index in [9.17, 15) is 9.90 Å². The van der Waals surface area contributed by atoms with Gasteiger partial charge in [0.15, 0.2) is 0 Å². The lowest BCUT2D eigenvalue weighted by Crippen LogP contribution is -2.19. The molecule has 0 aromatic rings. The fourth-order valence-electron chi connectivity index (χ4n) is 0. The molecule has 1 unspecified atom stereocenters. The molecule has 0 aliphatic heterocycles. The molecule has 0 heterocycles. The number of carbonyl (C=O) groups is 1. The Morgan fingerprint density at radius 2 is 1.90 bits per heavy atom. The zero-order valence-corrected chi connectivity index (χ0v) is 6.20. The highest BCUT2D eigenvalue weighted by molar-refractivity contribution is 5.63. The molecule has 0 aromatic carbocycles. The van der Waals surface area contributed by atoms with Crippen LogP contribution in [0.25, 0.3) is 0 Å². The van der Waals surface area contributed by atoms with Gasteiger partial charge in [0.2, 0.25) is 0 Å². The van der Waals surface area contributed by atoms with Crippen molar-refractivity contribution in [3.05, 3.63) is 0 Å². The summed E-state index contributed by atoms with van der Waals surface area (Å²) in [4.78, 5) is 9.26. The summed E-state index contributed by atoms with van der Waals surface area (Å²) in [6.45, 7) is 2.93. The number of aliphatic hydroxyl groups excluding tert-OH is 2. The third-order valence-corrected chi connectivity index (χ3v) is 0.553. The van der Waals surface area contributed by atoms with Crippen molar-refractivity contribution in [3.8, 4) is 0 Å². The Kier molecular flexibility index (Phi) is 10.2. The number of aliphatic hydroxyl groups is 2. The van der Waals surface area contributed by atoms with Gasteiger partial charge in [-0.3, -0.25) is 0 Å². The van der Waals surface area contributed by atoms with Crippen LogP contribution in [0.15, 0.2) is 0 Å². The molecule has 2 N–H and O–H groups in total. The Morgan fingerprint density at radius 1 is 1.70 bits per heavy atom. The van der Waals surface area contributed by atoms with Gasteiger partial charge in [0.25, 0.3) is 0 Å². The summed E-state index contributed by atoms with van der Waals surface area (Å²) in [5.74, 6) is -0.995. The molecule has 0 aliphatic carbocycles. The number of hydrogen-bond acceptors (Lipinski definition) is 4. The fourth-order valence-corrected chi connectivity index (χ4v) is 0. The van der Waals surface area contributed by atoms with Crippen LogP contribution in [-0.4, -0.2) is 28.9 Å². The van der Waals surface area contributed by atoms with Crippen molar-refractivity contribution in [2.75, 3.05) is 6.61 Å². The van der Waals surface area contributed by atoms with E-state index < -0.39 is 12.1 Å². The van der Waals surface area contributed by atoms with Gasteiger partial charge in [-0.25, -0.2) is 0 Å². The summed E-state index contributed by atoms with van der Waals surface area (Å²) in [5.41, 5.74) is 0. The molecule has 0 saturated heterocycles. The van der Waals surface area contributed by atoms with Gasteiger partial charge in [-0.15, -0.1) is 0 Å². The number of rotatable bonds is 2. The van der Waals surface area contributed by atoms with Gasteiger partial charge in [-0.1, -0.05) is 6.92 Å². The summed E-state index contributed by atoms with van der Waals surface area (Å²) in [6, 6.07) is 0. The lowest BCUT2D eigenvalue weighted by molar-refractivity contribution is -0.305. The average molecular weight is 149 g/mol. The molecule has 0 radical (unpaired) electrons. The third-order valence-electron chi connectivity index (χ3n) is 0.553. The van der Waals surface area contributed by atoms with E-state index >= 15 is 0 Å². The quantitative estimate of drug-likeness (QED) is 0.501. The second-order valence-electron chi connectivity index (χ2n) is 1.76. The Labute approximate surface area is 60.1 Å². The molecule has 0 spiro atoms. The largest absolute Gasteiger partial charge is 0.550 e. The highest BCUT2D eigenvalue weighted by Gasteiger charge is 1.83. The smallest absolute Gasteiger partial charge is 0.0742 e. The molecule has 62 valence electrons. The van der Waals surface area contributed by atoms with E-state index in [1.165, 1.54) is 13.8 Å². The van der Waals surface area contributed by atoms with Crippen LogP contribution in [0.1, 0.15) is 20.3 Å². The topological polar surface area (TPSA) is 80.6 Å². The number of carboxylic acid groups (broad SMARTS) is 1. The Balaban J connectivity index is 0. The van der Waals surface area contributed by atoms with Crippen molar-refractivity contribution in [1.29, 1.82) is 0 Å². The van der Waals surface area contributed by atoms with E-state index in [1.807, 2.05) is 0 Å². The molecular formula is C6H13O4-. The lowest BCUT2D eigenvalue weighted by atomic mass is 10.5. The van der Waals surface area contributed by atoms with Gasteiger partial charge in [0, 0.05) is 5.97 Å². The first-order chi connectivity index (χ1) is 4.54. The van der Waals surface area contributed by atoms with Gasteiger partial charge in [-0.2, -0.15) is 0 Å². The molecule has 0 saturated carbocycles. The van der Waals surface area contributed by atoms with Crippen LogP contribution >= 0.6 is 0 Å². The fraction of sp³-hybridized carbons (Fsp3) is 0.833. The van der Waals surface area contributed by atoms with Crippen molar-refractivity contribution >= 4 is 5.97 Å². The predicted octanol–water partition coefficient (Wildman–Crippen LogP) is -1.49. The lowest BCUT2D eigenvalue weighted by Gasteiger charge is -1.90. The summed E-state index contributed by atoms with van der Waals surface area (Å²) >= 11 is 0. The van der Waals surface area contributed by atoms with Crippen LogP contribution in [0.3, 0.4) is 0 Å². The minimum absolute atomic E-state index is 0.111. The van der Waals surface area contributed by atoms with Gasteiger partial charge in [-0.05, 0) is 13.3 Å². The van der Waals surface area contributed by atoms with E-state index in [0.29, 0.717) is 0 Å². The Morgan fingerprint density at radius 3 is 1.90 bits per heavy atom. The normalized spacial score (nSPS) is 11.2. The maximum absolute atomic E-state index is 9.26. The van der Waals surface area contributed by atoms with Gasteiger partial charge in [0.05, 0.1) is 12.7 Å². The van der Waals surface area contributed by atoms with Gasteiger partial charge >= 0.3 is 0 Å². The molecule has 0 bridgehead atoms. The molecule has 0 amide bonds. The first kappa shape index (κ1) is 12.1. The zero-order valence-electron chi connectivity index (χ0n) is 6.20. The van der Waals surface area contributed by atoms with Crippen LogP contribution in [0, 0.1) is 0 Å². The van der Waals surface area contributed by atoms with Crippen molar-refractivity contribution in [2.45, 2.75) is 26.4 Å². The second kappa shape index (κ2) is 8.39. The van der Waals surface area contributed by atoms with Crippen LogP contribution in [-0.2, 0) is 4.79 Å². The molecule has 4 heteroatoms. The number of carboxylic acids is 1. The molecular weight excluding hydrogens is 136 g/mol. The molecule has 1 atom stereocenters. The summed E-state index contributed by atoms with van der Waals surface area (Å²) in [6.07, 6.45) is -0.449. The molecule has 0 rings (SSSR count). The molecule has 0 aliphatic rings. The highest BCUT2D eigenvalue weighted by Crippen LogP contribution is 1.68. The van der Waals surface area contributed by atoms with E-state index in [4.69, 9.17) is 10.2 Å². The molecule has 4 nitrogen and oxygen atoms in total. The Hall–Kier alpha value is -0.610. The second-order valence-corrected chi connectivity index (χ2v) is 1.76. The van der Waals surface area contributed by atoms with Gasteiger partial charge in [0.1, 0.15) is 0 Å². The van der Waals surface area contributed by atoms with E-state index in [-0.39, 0.29) is 13.0 Å². The first-order valence-electron chi connectivity index (χ1n) is 3.03. The number of carbonyl (C=O) groups excluding carboxylic acids is 1. The van der Waals surface area contributed by atoms with Gasteiger partial charge < -0.3 is 20.1 Å². The summed E-state index contributed by atoms with van der Waals surface area (Å²) < 4.78 is 0. The van der Waals surface area contributed by atoms with E-state index in [1.54, 1.807) is 0 Å². The standard InChI is InChI=1S/C3H8O2.C3H6O2/c1-3(5)2-4;1-2-3(4)5/h3-5H,2H2,1H3;2H2,1H3,(H,4,5)/p-1.